The van der Waals surface area contributed by atoms with E-state index in [4.69, 9.17) is 4.74 Å². The molecular formula is C29H49N3O4. The summed E-state index contributed by atoms with van der Waals surface area (Å²) in [7, 11) is 0. The highest BCUT2D eigenvalue weighted by Gasteiger charge is 2.38. The van der Waals surface area contributed by atoms with E-state index in [2.05, 4.69) is 17.6 Å². The highest BCUT2D eigenvalue weighted by atomic mass is 16.6. The van der Waals surface area contributed by atoms with E-state index in [0.29, 0.717) is 13.0 Å². The fourth-order valence-electron chi connectivity index (χ4n) is 3.92. The number of hydrogen-bond acceptors (Lipinski definition) is 4. The number of hydrogen-bond donors (Lipinski definition) is 2. The summed E-state index contributed by atoms with van der Waals surface area (Å²) in [6.45, 7) is 17.6. The van der Waals surface area contributed by atoms with Gasteiger partial charge in [0.2, 0.25) is 11.8 Å². The van der Waals surface area contributed by atoms with E-state index in [9.17, 15) is 14.4 Å². The fraction of sp³-hybridized carbons (Fsp3) is 0.690. The molecule has 36 heavy (non-hydrogen) atoms. The minimum Gasteiger partial charge on any atom is -0.444 e. The Hall–Kier alpha value is -2.57. The Labute approximate surface area is 218 Å². The maximum absolute atomic E-state index is 14.2. The van der Waals surface area contributed by atoms with Crippen LogP contribution < -0.4 is 10.6 Å². The zero-order valence-corrected chi connectivity index (χ0v) is 23.9. The van der Waals surface area contributed by atoms with Gasteiger partial charge in [0.05, 0.1) is 0 Å². The molecule has 0 aromatic heterocycles. The largest absolute Gasteiger partial charge is 0.444 e. The van der Waals surface area contributed by atoms with Crippen molar-refractivity contribution in [2.75, 3.05) is 6.54 Å². The zero-order valence-electron chi connectivity index (χ0n) is 23.9. The highest BCUT2D eigenvalue weighted by molar-refractivity contribution is 5.92. The number of nitrogens with zero attached hydrogens (tertiary/aromatic N) is 1. The highest BCUT2D eigenvalue weighted by Crippen LogP contribution is 2.26. The summed E-state index contributed by atoms with van der Waals surface area (Å²) >= 11 is 0. The van der Waals surface area contributed by atoms with Gasteiger partial charge < -0.3 is 20.3 Å². The minimum absolute atomic E-state index is 0.148. The van der Waals surface area contributed by atoms with E-state index in [1.165, 1.54) is 0 Å². The quantitative estimate of drug-likeness (QED) is 0.343. The summed E-state index contributed by atoms with van der Waals surface area (Å²) in [4.78, 5) is 42.2. The molecule has 0 aliphatic carbocycles. The van der Waals surface area contributed by atoms with E-state index in [1.807, 2.05) is 65.0 Å². The third kappa shape index (κ3) is 11.0. The first-order valence-corrected chi connectivity index (χ1v) is 13.4. The molecule has 0 aliphatic rings. The first-order valence-electron chi connectivity index (χ1n) is 13.4. The first-order chi connectivity index (χ1) is 16.7. The SMILES string of the molecule is CCCCCCN(C(=O)C(NC(=O)OC(C)(C)C)C(C)CC)C(C(=O)NC(C)(C)C)c1ccccc1. The van der Waals surface area contributed by atoms with E-state index < -0.39 is 29.3 Å². The van der Waals surface area contributed by atoms with Crippen molar-refractivity contribution in [3.63, 3.8) is 0 Å². The molecule has 3 amide bonds. The molecule has 1 aromatic carbocycles. The van der Waals surface area contributed by atoms with Crippen LogP contribution in [0.5, 0.6) is 0 Å². The van der Waals surface area contributed by atoms with Crippen LogP contribution in [0.1, 0.15) is 106 Å². The Bertz CT molecular complexity index is 827. The van der Waals surface area contributed by atoms with E-state index in [-0.39, 0.29) is 17.7 Å². The third-order valence-electron chi connectivity index (χ3n) is 5.86. The van der Waals surface area contributed by atoms with Crippen LogP contribution >= 0.6 is 0 Å². The Morgan fingerprint density at radius 1 is 0.944 bits per heavy atom. The van der Waals surface area contributed by atoms with Gasteiger partial charge in [0.15, 0.2) is 0 Å². The molecule has 0 heterocycles. The topological polar surface area (TPSA) is 87.7 Å². The molecule has 1 rings (SSSR count). The van der Waals surface area contributed by atoms with Crippen LogP contribution in [0.3, 0.4) is 0 Å². The number of ether oxygens (including phenoxy) is 1. The maximum atomic E-state index is 14.2. The Balaban J connectivity index is 3.47. The summed E-state index contributed by atoms with van der Waals surface area (Å²) in [6.07, 6.45) is 3.89. The van der Waals surface area contributed by atoms with E-state index in [1.54, 1.807) is 25.7 Å². The number of rotatable bonds is 12. The van der Waals surface area contributed by atoms with Gasteiger partial charge >= 0.3 is 6.09 Å². The molecule has 0 saturated carbocycles. The normalized spacial score (nSPS) is 14.4. The van der Waals surface area contributed by atoms with Gasteiger partial charge in [-0.25, -0.2) is 4.79 Å². The van der Waals surface area contributed by atoms with E-state index >= 15 is 0 Å². The third-order valence-corrected chi connectivity index (χ3v) is 5.86. The molecule has 0 radical (unpaired) electrons. The van der Waals surface area contributed by atoms with Gasteiger partial charge in [-0.2, -0.15) is 0 Å². The van der Waals surface area contributed by atoms with Crippen molar-refractivity contribution in [2.24, 2.45) is 5.92 Å². The van der Waals surface area contributed by atoms with Crippen LogP contribution in [0, 0.1) is 5.92 Å². The lowest BCUT2D eigenvalue weighted by Crippen LogP contribution is -2.56. The molecule has 3 atom stereocenters. The van der Waals surface area contributed by atoms with Crippen LogP contribution in [0.2, 0.25) is 0 Å². The van der Waals surface area contributed by atoms with Crippen molar-refractivity contribution in [3.8, 4) is 0 Å². The van der Waals surface area contributed by atoms with Crippen molar-refractivity contribution in [1.82, 2.24) is 15.5 Å². The second-order valence-electron chi connectivity index (χ2n) is 11.7. The van der Waals surface area contributed by atoms with Gasteiger partial charge in [-0.1, -0.05) is 76.8 Å². The second-order valence-corrected chi connectivity index (χ2v) is 11.7. The van der Waals surface area contributed by atoms with Crippen LogP contribution in [-0.2, 0) is 14.3 Å². The number of carbonyl (C=O) groups is 3. The van der Waals surface area contributed by atoms with Crippen molar-refractivity contribution >= 4 is 17.9 Å². The predicted octanol–water partition coefficient (Wildman–Crippen LogP) is 5.99. The number of amides is 3. The van der Waals surface area contributed by atoms with Crippen molar-refractivity contribution < 1.29 is 19.1 Å². The number of unbranched alkanes of at least 4 members (excludes halogenated alkanes) is 3. The van der Waals surface area contributed by atoms with Gasteiger partial charge in [0.1, 0.15) is 17.7 Å². The number of carbonyl (C=O) groups excluding carboxylic acids is 3. The Kier molecular flexibility index (Phi) is 12.4. The maximum Gasteiger partial charge on any atom is 0.408 e. The molecular weight excluding hydrogens is 454 g/mol. The number of nitrogens with one attached hydrogen (secondary N) is 2. The molecule has 0 spiro atoms. The smallest absolute Gasteiger partial charge is 0.408 e. The average molecular weight is 504 g/mol. The molecule has 1 aromatic rings. The molecule has 204 valence electrons. The minimum atomic E-state index is -0.815. The van der Waals surface area contributed by atoms with Gasteiger partial charge in [-0.15, -0.1) is 0 Å². The van der Waals surface area contributed by atoms with Crippen LogP contribution in [-0.4, -0.2) is 46.5 Å². The second kappa shape index (κ2) is 14.2. The summed E-state index contributed by atoms with van der Waals surface area (Å²) in [5.41, 5.74) is -0.416. The Morgan fingerprint density at radius 3 is 2.06 bits per heavy atom. The monoisotopic (exact) mass is 503 g/mol. The molecule has 2 N–H and O–H groups in total. The molecule has 7 heteroatoms. The lowest BCUT2D eigenvalue weighted by molar-refractivity contribution is -0.144. The van der Waals surface area contributed by atoms with Crippen LogP contribution in [0.25, 0.3) is 0 Å². The van der Waals surface area contributed by atoms with Gasteiger partial charge in [-0.05, 0) is 59.4 Å². The van der Waals surface area contributed by atoms with Crippen molar-refractivity contribution in [3.05, 3.63) is 35.9 Å². The lowest BCUT2D eigenvalue weighted by Gasteiger charge is -2.37. The molecule has 0 saturated heterocycles. The van der Waals surface area contributed by atoms with Crippen molar-refractivity contribution in [1.29, 1.82) is 0 Å². The molecule has 0 fully saturated rings. The summed E-state index contributed by atoms with van der Waals surface area (Å²) in [5, 5.41) is 5.88. The predicted molar refractivity (Wildman–Crippen MR) is 146 cm³/mol. The average Bonchev–Trinajstić information content (AvgIpc) is 2.76. The Morgan fingerprint density at radius 2 is 1.56 bits per heavy atom. The van der Waals surface area contributed by atoms with Gasteiger partial charge in [0, 0.05) is 12.1 Å². The summed E-state index contributed by atoms with van der Waals surface area (Å²) in [6, 6.07) is 7.75. The molecule has 0 aliphatic heterocycles. The standard InChI is InChI=1S/C29H49N3O4/c1-10-12-13-17-20-32(24(22-18-15-14-16-19-22)25(33)31-28(4,5)6)26(34)23(21(3)11-2)30-27(35)36-29(7,8)9/h14-16,18-19,21,23-24H,10-13,17,20H2,1-9H3,(H,30,35)(H,31,33). The summed E-state index contributed by atoms with van der Waals surface area (Å²) < 4.78 is 5.46. The van der Waals surface area contributed by atoms with Gasteiger partial charge in [-0.3, -0.25) is 9.59 Å². The first kappa shape index (κ1) is 31.5. The fourth-order valence-corrected chi connectivity index (χ4v) is 3.92. The number of benzene rings is 1. The van der Waals surface area contributed by atoms with Gasteiger partial charge in [0.25, 0.3) is 0 Å². The van der Waals surface area contributed by atoms with E-state index in [0.717, 1.165) is 31.2 Å². The zero-order chi connectivity index (χ0) is 27.5. The van der Waals surface area contributed by atoms with Crippen LogP contribution in [0.15, 0.2) is 30.3 Å². The molecule has 7 nitrogen and oxygen atoms in total. The van der Waals surface area contributed by atoms with Crippen LogP contribution in [0.4, 0.5) is 4.79 Å². The number of alkyl carbamates (subject to hydrolysis) is 1. The van der Waals surface area contributed by atoms with Crippen molar-refractivity contribution in [2.45, 2.75) is 118 Å². The molecule has 3 unspecified atom stereocenters. The summed E-state index contributed by atoms with van der Waals surface area (Å²) in [5.74, 6) is -0.660. The molecule has 0 bridgehead atoms. The lowest BCUT2D eigenvalue weighted by atomic mass is 9.95.